The molecule has 6 nitrogen and oxygen atoms in total. The number of aryl methyl sites for hydroxylation is 1. The molecule has 0 unspecified atom stereocenters. The maximum absolute atomic E-state index is 14.1. The van der Waals surface area contributed by atoms with Crippen molar-refractivity contribution >= 4 is 17.6 Å². The van der Waals surface area contributed by atoms with Crippen molar-refractivity contribution in [3.8, 4) is 5.69 Å². The molecule has 2 aromatic rings. The van der Waals surface area contributed by atoms with Gasteiger partial charge < -0.3 is 4.74 Å². The highest BCUT2D eigenvalue weighted by molar-refractivity contribution is 6.33. The number of carbonyl (C=O) groups is 1. The topological polar surface area (TPSA) is 70.3 Å². The highest BCUT2D eigenvalue weighted by Gasteiger charge is 2.21. The van der Waals surface area contributed by atoms with Crippen LogP contribution in [0.3, 0.4) is 0 Å². The van der Waals surface area contributed by atoms with Crippen LogP contribution in [0.4, 0.5) is 13.2 Å². The minimum atomic E-state index is -3.24. The minimum absolute atomic E-state index is 0.0211. The number of carbonyl (C=O) groups excluding carboxylic acids is 1. The van der Waals surface area contributed by atoms with E-state index in [0.717, 1.165) is 26.2 Å². The third-order valence-corrected chi connectivity index (χ3v) is 3.52. The quantitative estimate of drug-likeness (QED) is 0.785. The lowest BCUT2D eigenvalue weighted by atomic mass is 10.2. The molecule has 0 fully saturated rings. The van der Waals surface area contributed by atoms with Gasteiger partial charge in [0.05, 0.1) is 23.4 Å². The van der Waals surface area contributed by atoms with Gasteiger partial charge in [0.15, 0.2) is 0 Å². The molecule has 0 aliphatic heterocycles. The molecule has 0 radical (unpaired) electrons. The SMILES string of the molecule is COC(=O)c1cc(-n2c(=O)cc(C)n(C(F)F)c2=O)c(F)cc1Cl. The maximum atomic E-state index is 14.1. The van der Waals surface area contributed by atoms with E-state index in [0.29, 0.717) is 6.07 Å². The van der Waals surface area contributed by atoms with Gasteiger partial charge in [0, 0.05) is 11.8 Å². The molecule has 24 heavy (non-hydrogen) atoms. The molecular weight excluding hydrogens is 353 g/mol. The summed E-state index contributed by atoms with van der Waals surface area (Å²) in [5.74, 6) is -2.09. The van der Waals surface area contributed by atoms with Crippen LogP contribution in [0.5, 0.6) is 0 Å². The number of hydrogen-bond acceptors (Lipinski definition) is 4. The van der Waals surface area contributed by atoms with Crippen LogP contribution in [-0.4, -0.2) is 22.2 Å². The third kappa shape index (κ3) is 2.94. The number of benzene rings is 1. The predicted octanol–water partition coefficient (Wildman–Crippen LogP) is 2.28. The molecule has 0 spiro atoms. The number of aromatic nitrogens is 2. The van der Waals surface area contributed by atoms with Crippen molar-refractivity contribution < 1.29 is 22.7 Å². The number of esters is 1. The maximum Gasteiger partial charge on any atom is 0.340 e. The summed E-state index contributed by atoms with van der Waals surface area (Å²) in [6.07, 6.45) is 0. The second kappa shape index (κ2) is 6.52. The molecule has 2 rings (SSSR count). The molecule has 1 heterocycles. The van der Waals surface area contributed by atoms with Gasteiger partial charge in [-0.15, -0.1) is 0 Å². The normalized spacial score (nSPS) is 11.0. The monoisotopic (exact) mass is 362 g/mol. The van der Waals surface area contributed by atoms with E-state index >= 15 is 0 Å². The average Bonchev–Trinajstić information content (AvgIpc) is 2.47. The van der Waals surface area contributed by atoms with Crippen molar-refractivity contribution in [2.75, 3.05) is 7.11 Å². The molecule has 0 amide bonds. The van der Waals surface area contributed by atoms with Gasteiger partial charge in [-0.2, -0.15) is 8.78 Å². The van der Waals surface area contributed by atoms with Crippen molar-refractivity contribution in [2.45, 2.75) is 13.5 Å². The Morgan fingerprint density at radius 2 is 1.88 bits per heavy atom. The number of halogens is 4. The standard InChI is InChI=1S/C14H10ClF3N2O4/c1-6-3-11(21)20(14(23)19(6)13(17)18)10-4-7(12(22)24-2)8(15)5-9(10)16/h3-5,13H,1-2H3. The number of hydrogen-bond donors (Lipinski definition) is 0. The van der Waals surface area contributed by atoms with Gasteiger partial charge in [-0.25, -0.2) is 23.1 Å². The van der Waals surface area contributed by atoms with E-state index in [1.165, 1.54) is 0 Å². The Morgan fingerprint density at radius 1 is 1.25 bits per heavy atom. The van der Waals surface area contributed by atoms with Gasteiger partial charge in [-0.05, 0) is 19.1 Å². The zero-order valence-corrected chi connectivity index (χ0v) is 13.1. The molecule has 0 N–H and O–H groups in total. The van der Waals surface area contributed by atoms with Crippen molar-refractivity contribution in [2.24, 2.45) is 0 Å². The van der Waals surface area contributed by atoms with E-state index in [1.807, 2.05) is 0 Å². The zero-order chi connectivity index (χ0) is 18.2. The number of ether oxygens (including phenoxy) is 1. The molecule has 0 saturated heterocycles. The molecule has 1 aromatic carbocycles. The first-order valence-corrected chi connectivity index (χ1v) is 6.78. The number of nitrogens with zero attached hydrogens (tertiary/aromatic N) is 2. The van der Waals surface area contributed by atoms with E-state index < -0.39 is 35.3 Å². The molecule has 1 aromatic heterocycles. The average molecular weight is 363 g/mol. The van der Waals surface area contributed by atoms with Crippen molar-refractivity contribution in [3.05, 3.63) is 61.1 Å². The van der Waals surface area contributed by atoms with Crippen molar-refractivity contribution in [1.82, 2.24) is 9.13 Å². The molecule has 0 aliphatic carbocycles. The summed E-state index contributed by atoms with van der Waals surface area (Å²) in [6, 6.07) is 2.22. The van der Waals surface area contributed by atoms with Crippen LogP contribution in [0.25, 0.3) is 5.69 Å². The molecule has 0 saturated carbocycles. The summed E-state index contributed by atoms with van der Waals surface area (Å²) in [6.45, 7) is -2.10. The van der Waals surface area contributed by atoms with E-state index in [4.69, 9.17) is 11.6 Å². The summed E-state index contributed by atoms with van der Waals surface area (Å²) in [4.78, 5) is 35.8. The van der Waals surface area contributed by atoms with E-state index in [-0.39, 0.29) is 25.4 Å². The molecule has 128 valence electrons. The van der Waals surface area contributed by atoms with Crippen LogP contribution in [0.2, 0.25) is 5.02 Å². The van der Waals surface area contributed by atoms with Crippen LogP contribution >= 0.6 is 11.6 Å². The zero-order valence-electron chi connectivity index (χ0n) is 12.3. The molecule has 10 heteroatoms. The first-order valence-electron chi connectivity index (χ1n) is 6.40. The second-order valence-electron chi connectivity index (χ2n) is 4.66. The summed E-state index contributed by atoms with van der Waals surface area (Å²) in [5, 5.41) is -0.322. The lowest BCUT2D eigenvalue weighted by molar-refractivity contribution is 0.0596. The minimum Gasteiger partial charge on any atom is -0.465 e. The first-order chi connectivity index (χ1) is 11.2. The van der Waals surface area contributed by atoms with Crippen LogP contribution in [0, 0.1) is 12.7 Å². The predicted molar refractivity (Wildman–Crippen MR) is 78.6 cm³/mol. The van der Waals surface area contributed by atoms with E-state index in [1.54, 1.807) is 0 Å². The van der Waals surface area contributed by atoms with Crippen LogP contribution in [-0.2, 0) is 4.74 Å². The highest BCUT2D eigenvalue weighted by atomic mass is 35.5. The molecule has 0 bridgehead atoms. The van der Waals surface area contributed by atoms with Gasteiger partial charge in [-0.1, -0.05) is 11.6 Å². The Balaban J connectivity index is 2.87. The van der Waals surface area contributed by atoms with Crippen molar-refractivity contribution in [3.63, 3.8) is 0 Å². The Bertz CT molecular complexity index is 937. The van der Waals surface area contributed by atoms with Gasteiger partial charge in [0.1, 0.15) is 5.82 Å². The fourth-order valence-electron chi connectivity index (χ4n) is 2.10. The van der Waals surface area contributed by atoms with Gasteiger partial charge >= 0.3 is 18.2 Å². The second-order valence-corrected chi connectivity index (χ2v) is 5.07. The van der Waals surface area contributed by atoms with Crippen LogP contribution in [0.1, 0.15) is 22.6 Å². The Kier molecular flexibility index (Phi) is 4.83. The Morgan fingerprint density at radius 3 is 2.42 bits per heavy atom. The van der Waals surface area contributed by atoms with Gasteiger partial charge in [0.25, 0.3) is 5.56 Å². The highest BCUT2D eigenvalue weighted by Crippen LogP contribution is 2.23. The molecule has 0 aliphatic rings. The van der Waals surface area contributed by atoms with Gasteiger partial charge in [0.2, 0.25) is 0 Å². The van der Waals surface area contributed by atoms with Crippen LogP contribution < -0.4 is 11.2 Å². The Hall–Kier alpha value is -2.55. The van der Waals surface area contributed by atoms with Crippen molar-refractivity contribution in [1.29, 1.82) is 0 Å². The lowest BCUT2D eigenvalue weighted by Crippen LogP contribution is -2.40. The largest absolute Gasteiger partial charge is 0.465 e. The molecular formula is C14H10ClF3N2O4. The summed E-state index contributed by atoms with van der Waals surface area (Å²) >= 11 is 5.72. The fraction of sp³-hybridized carbons (Fsp3) is 0.214. The number of methoxy groups -OCH3 is 1. The van der Waals surface area contributed by atoms with Crippen LogP contribution in [0.15, 0.2) is 27.8 Å². The van der Waals surface area contributed by atoms with Gasteiger partial charge in [-0.3, -0.25) is 4.79 Å². The summed E-state index contributed by atoms with van der Waals surface area (Å²) in [5.41, 5.74) is -3.80. The summed E-state index contributed by atoms with van der Waals surface area (Å²) in [7, 11) is 1.05. The lowest BCUT2D eigenvalue weighted by Gasteiger charge is -2.14. The van der Waals surface area contributed by atoms with E-state index in [2.05, 4.69) is 4.74 Å². The number of alkyl halides is 2. The smallest absolute Gasteiger partial charge is 0.340 e. The number of rotatable bonds is 3. The fourth-order valence-corrected chi connectivity index (χ4v) is 2.33. The first kappa shape index (κ1) is 17.8. The van der Waals surface area contributed by atoms with E-state index in [9.17, 15) is 27.6 Å². The summed E-state index contributed by atoms with van der Waals surface area (Å²) < 4.78 is 44.8. The molecule has 0 atom stereocenters. The Labute approximate surface area is 137 Å². The third-order valence-electron chi connectivity index (χ3n) is 3.21.